The van der Waals surface area contributed by atoms with Crippen LogP contribution >= 0.6 is 24.4 Å². The van der Waals surface area contributed by atoms with Gasteiger partial charge in [0.15, 0.2) is 0 Å². The van der Waals surface area contributed by atoms with E-state index in [4.69, 9.17) is 20.7 Å². The van der Waals surface area contributed by atoms with Gasteiger partial charge in [0.05, 0.1) is 17.8 Å². The number of aliphatic carboxylic acids is 3. The molecule has 0 unspecified atom stereocenters. The maximum Gasteiger partial charge on any atom is 0.490 e. The van der Waals surface area contributed by atoms with Crippen LogP contribution in [0.5, 0.6) is 0 Å². The van der Waals surface area contributed by atoms with Crippen molar-refractivity contribution in [3.8, 4) is 11.1 Å². The molecule has 0 aliphatic heterocycles. The largest absolute Gasteiger partial charge is 0.490 e. The van der Waals surface area contributed by atoms with Crippen LogP contribution in [0.15, 0.2) is 60.8 Å². The predicted molar refractivity (Wildman–Crippen MR) is 231 cm³/mol. The summed E-state index contributed by atoms with van der Waals surface area (Å²) < 4.78 is 62.9. The summed E-state index contributed by atoms with van der Waals surface area (Å²) in [4.78, 5) is 83.6. The Balaban J connectivity index is 0.00000191. The number of benzene rings is 2. The van der Waals surface area contributed by atoms with Crippen LogP contribution in [0.3, 0.4) is 0 Å². The van der Waals surface area contributed by atoms with Gasteiger partial charge in [0.25, 0.3) is 0 Å². The lowest BCUT2D eigenvalue weighted by molar-refractivity contribution is -0.192. The van der Waals surface area contributed by atoms with Crippen LogP contribution in [0.1, 0.15) is 50.9 Å². The molecule has 3 rings (SSSR count). The normalized spacial score (nSPS) is 13.2. The fourth-order valence-electron chi connectivity index (χ4n) is 5.99. The minimum atomic E-state index is -5.08. The molecule has 17 nitrogen and oxygen atoms in total. The first-order chi connectivity index (χ1) is 30.3. The van der Waals surface area contributed by atoms with Crippen LogP contribution in [0.25, 0.3) is 11.1 Å². The fourth-order valence-corrected chi connectivity index (χ4v) is 7.19. The Bertz CT molecular complexity index is 2120. The minimum Gasteiger partial charge on any atom is -0.480 e. The van der Waals surface area contributed by atoms with Crippen LogP contribution in [0, 0.1) is 17.0 Å². The number of hydrogen-bond donors (Lipinski definition) is 9. The van der Waals surface area contributed by atoms with E-state index in [1.165, 1.54) is 4.90 Å². The van der Waals surface area contributed by atoms with Crippen molar-refractivity contribution >= 4 is 65.9 Å². The Kier molecular flexibility index (Phi) is 21.9. The lowest BCUT2D eigenvalue weighted by atomic mass is 9.82. The van der Waals surface area contributed by atoms with Gasteiger partial charge < -0.3 is 51.6 Å². The van der Waals surface area contributed by atoms with Gasteiger partial charge in [0, 0.05) is 61.4 Å². The Labute approximate surface area is 379 Å². The van der Waals surface area contributed by atoms with Crippen LogP contribution in [0.4, 0.5) is 22.0 Å². The van der Waals surface area contributed by atoms with Crippen molar-refractivity contribution in [2.45, 2.75) is 68.9 Å². The zero-order chi connectivity index (χ0) is 49.2. The molecule has 0 aliphatic rings. The van der Waals surface area contributed by atoms with Crippen molar-refractivity contribution < 1.29 is 75.9 Å². The van der Waals surface area contributed by atoms with Crippen molar-refractivity contribution in [2.24, 2.45) is 11.1 Å². The van der Waals surface area contributed by atoms with E-state index in [2.05, 4.69) is 28.6 Å². The number of nitrogens with zero attached hydrogens (tertiary/aromatic N) is 2. The Morgan fingerprint density at radius 3 is 2.05 bits per heavy atom. The number of rotatable bonds is 22. The summed E-state index contributed by atoms with van der Waals surface area (Å²) in [5, 5.41) is 40.6. The number of thioether (sulfide) groups is 1. The number of carbonyl (C=O) groups excluding carboxylic acids is 4. The number of aliphatic hydroxyl groups excluding tert-OH is 1. The molecule has 9 N–H and O–H groups in total. The summed E-state index contributed by atoms with van der Waals surface area (Å²) in [5.41, 5.74) is 6.63. The first kappa shape index (κ1) is 55.4. The number of alkyl halides is 3. The average molecular weight is 963 g/mol. The average Bonchev–Trinajstić information content (AvgIpc) is 3.63. The molecule has 2 aromatic carbocycles. The summed E-state index contributed by atoms with van der Waals surface area (Å²) in [6.07, 6.45) is -3.86. The van der Waals surface area contributed by atoms with E-state index in [1.807, 2.05) is 55.7 Å². The van der Waals surface area contributed by atoms with Crippen molar-refractivity contribution in [2.75, 3.05) is 38.5 Å². The first-order valence-corrected chi connectivity index (χ1v) is 21.0. The van der Waals surface area contributed by atoms with Crippen LogP contribution in [-0.4, -0.2) is 133 Å². The number of carboxylic acid groups (broad SMARTS) is 3. The molecule has 24 heteroatoms. The minimum absolute atomic E-state index is 0.0204. The number of amides is 4. The third-order valence-electron chi connectivity index (χ3n) is 9.05. The van der Waals surface area contributed by atoms with E-state index in [9.17, 15) is 56.5 Å². The smallest absolute Gasteiger partial charge is 0.480 e. The highest BCUT2D eigenvalue weighted by Gasteiger charge is 2.39. The zero-order valence-electron chi connectivity index (χ0n) is 35.3. The monoisotopic (exact) mass is 962 g/mol. The molecule has 0 saturated carbocycles. The quantitative estimate of drug-likeness (QED) is 0.0399. The third kappa shape index (κ3) is 18.7. The van der Waals surface area contributed by atoms with Crippen molar-refractivity contribution in [3.05, 3.63) is 83.7 Å². The number of carbonyl (C=O) groups is 7. The molecule has 4 atom stereocenters. The van der Waals surface area contributed by atoms with Gasteiger partial charge in [-0.3, -0.25) is 28.8 Å². The van der Waals surface area contributed by atoms with E-state index in [-0.39, 0.29) is 37.4 Å². The third-order valence-corrected chi connectivity index (χ3v) is 10.9. The topological polar surface area (TPSA) is 271 Å². The standard InChI is InChI=1S/C39H50F2N6O9S2.C2HF3O2/c1-39(2,3)35(29-15-24(26-16-25(40)9-10-27(26)41)20-46(29)19-23-7-5-4-6-8-23)47(34(51)21-48)14-11-30(57)36(52)44-13-12-43-33(50)18-45-32(49)17-31(38(55)56)58-22-28(42)37(53)54;3-2(4,5)1(6)7/h4-10,15-16,20,28,30-31,35,48,57H,11-14,17-19,21-22,42H2,1-3H3,(H,43,50)(H,44,52)(H,45,49)(H,53,54)(H,55,56);(H,6,7)/t28-,30-,31+,35-;/m0./s1. The molecule has 1 heterocycles. The molecule has 1 aromatic heterocycles. The highest BCUT2D eigenvalue weighted by atomic mass is 32.2. The van der Waals surface area contributed by atoms with Crippen molar-refractivity contribution in [3.63, 3.8) is 0 Å². The number of aliphatic hydroxyl groups is 1. The van der Waals surface area contributed by atoms with Crippen LogP contribution < -0.4 is 21.7 Å². The summed E-state index contributed by atoms with van der Waals surface area (Å²) in [6.45, 7) is 4.64. The van der Waals surface area contributed by atoms with Gasteiger partial charge >= 0.3 is 24.1 Å². The number of nitrogens with two attached hydrogens (primary N) is 1. The summed E-state index contributed by atoms with van der Waals surface area (Å²) >= 11 is 5.15. The van der Waals surface area contributed by atoms with Gasteiger partial charge in [-0.2, -0.15) is 25.8 Å². The molecule has 0 radical (unpaired) electrons. The number of nitrogens with one attached hydrogen (secondary N) is 3. The Morgan fingerprint density at radius 1 is 0.877 bits per heavy atom. The number of hydrogen-bond acceptors (Lipinski definition) is 11. The molecule has 65 heavy (non-hydrogen) atoms. The molecule has 4 amide bonds. The molecule has 0 aliphatic carbocycles. The van der Waals surface area contributed by atoms with Crippen molar-refractivity contribution in [1.82, 2.24) is 25.4 Å². The van der Waals surface area contributed by atoms with E-state index in [0.29, 0.717) is 29.6 Å². The molecule has 0 spiro atoms. The zero-order valence-corrected chi connectivity index (χ0v) is 37.0. The van der Waals surface area contributed by atoms with Crippen LogP contribution in [0.2, 0.25) is 0 Å². The lowest BCUT2D eigenvalue weighted by Crippen LogP contribution is -2.45. The molecular weight excluding hydrogens is 912 g/mol. The molecule has 0 bridgehead atoms. The van der Waals surface area contributed by atoms with Crippen molar-refractivity contribution in [1.29, 1.82) is 0 Å². The van der Waals surface area contributed by atoms with Gasteiger partial charge in [-0.05, 0) is 41.7 Å². The molecule has 0 saturated heterocycles. The van der Waals surface area contributed by atoms with Gasteiger partial charge in [-0.15, -0.1) is 11.8 Å². The second kappa shape index (κ2) is 25.7. The second-order valence-electron chi connectivity index (χ2n) is 15.2. The highest BCUT2D eigenvalue weighted by Crippen LogP contribution is 2.41. The molecule has 0 fully saturated rings. The second-order valence-corrected chi connectivity index (χ2v) is 17.1. The van der Waals surface area contributed by atoms with Crippen LogP contribution in [-0.2, 0) is 40.1 Å². The van der Waals surface area contributed by atoms with E-state index in [1.54, 1.807) is 12.3 Å². The maximum absolute atomic E-state index is 15.0. The maximum atomic E-state index is 15.0. The Morgan fingerprint density at radius 2 is 1.49 bits per heavy atom. The lowest BCUT2D eigenvalue weighted by Gasteiger charge is -2.41. The van der Waals surface area contributed by atoms with E-state index >= 15 is 4.39 Å². The predicted octanol–water partition coefficient (Wildman–Crippen LogP) is 3.05. The summed E-state index contributed by atoms with van der Waals surface area (Å²) in [5.74, 6) is -9.40. The first-order valence-electron chi connectivity index (χ1n) is 19.5. The Hall–Kier alpha value is -5.72. The van der Waals surface area contributed by atoms with Gasteiger partial charge in [-0.1, -0.05) is 51.1 Å². The van der Waals surface area contributed by atoms with Gasteiger partial charge in [0.1, 0.15) is 29.5 Å². The molecule has 358 valence electrons. The number of aromatic nitrogens is 1. The SMILES string of the molecule is CC(C)(C)[C@H](c1cc(-c2cc(F)ccc2F)cn1Cc1ccccc1)N(CC[C@H](S)C(=O)NCCNC(=O)CNC(=O)C[C@@H](SC[C@H](N)C(=O)O)C(=O)O)C(=O)CO.O=C(O)C(F)(F)F. The molecule has 3 aromatic rings. The fraction of sp³-hybridized carbons (Fsp3) is 0.439. The number of halogens is 5. The summed E-state index contributed by atoms with van der Waals surface area (Å²) in [6, 6.07) is 12.3. The van der Waals surface area contributed by atoms with E-state index in [0.717, 1.165) is 23.8 Å². The molecular formula is C41H51F5N6O11S2. The number of thiol groups is 1. The highest BCUT2D eigenvalue weighted by molar-refractivity contribution is 8.00. The number of carboxylic acids is 3. The van der Waals surface area contributed by atoms with Gasteiger partial charge in [0.2, 0.25) is 23.6 Å². The summed E-state index contributed by atoms with van der Waals surface area (Å²) in [7, 11) is 0. The van der Waals surface area contributed by atoms with E-state index < -0.39 is 107 Å². The van der Waals surface area contributed by atoms with Gasteiger partial charge in [-0.25, -0.2) is 13.6 Å².